The fourth-order valence-electron chi connectivity index (χ4n) is 5.05. The van der Waals surface area contributed by atoms with Crippen LogP contribution < -0.4 is 10.2 Å². The van der Waals surface area contributed by atoms with Gasteiger partial charge in [-0.25, -0.2) is 4.79 Å². The second-order valence-electron chi connectivity index (χ2n) is 10.1. The van der Waals surface area contributed by atoms with Crippen molar-refractivity contribution in [2.75, 3.05) is 6.61 Å². The Kier molecular flexibility index (Phi) is 8.32. The number of phenolic OH excluding ortho intramolecular Hbond substituents is 2. The Morgan fingerprint density at radius 3 is 2.12 bits per heavy atom. The molecule has 16 nitrogen and oxygen atoms in total. The zero-order valence-electron chi connectivity index (χ0n) is 21.9. The maximum atomic E-state index is 13.2. The van der Waals surface area contributed by atoms with E-state index in [2.05, 4.69) is 0 Å². The van der Waals surface area contributed by atoms with Crippen molar-refractivity contribution in [2.24, 2.45) is 0 Å². The molecule has 2 fully saturated rings. The van der Waals surface area contributed by atoms with Gasteiger partial charge in [0.15, 0.2) is 11.5 Å². The van der Waals surface area contributed by atoms with E-state index in [1.807, 2.05) is 0 Å². The molecule has 10 atom stereocenters. The summed E-state index contributed by atoms with van der Waals surface area (Å²) in [6.45, 7) is -0.848. The number of carboxylic acid groups (broad SMARTS) is 1. The highest BCUT2D eigenvalue weighted by molar-refractivity contribution is 5.88. The van der Waals surface area contributed by atoms with Gasteiger partial charge in [-0.3, -0.25) is 4.79 Å². The highest BCUT2D eigenvalue weighted by Crippen LogP contribution is 2.46. The van der Waals surface area contributed by atoms with Gasteiger partial charge < -0.3 is 69.7 Å². The number of rotatable bonds is 6. The number of benzene rings is 2. The van der Waals surface area contributed by atoms with Crippen molar-refractivity contribution in [1.29, 1.82) is 0 Å². The highest BCUT2D eigenvalue weighted by atomic mass is 16.7. The molecule has 2 aliphatic heterocycles. The number of hydrogen-bond acceptors (Lipinski definition) is 15. The van der Waals surface area contributed by atoms with Gasteiger partial charge in [-0.05, 0) is 24.3 Å². The molecule has 10 unspecified atom stereocenters. The summed E-state index contributed by atoms with van der Waals surface area (Å²) < 4.78 is 22.2. The molecule has 2 aromatic carbocycles. The van der Waals surface area contributed by atoms with Gasteiger partial charge in [-0.2, -0.15) is 0 Å². The van der Waals surface area contributed by atoms with Gasteiger partial charge in [0.25, 0.3) is 0 Å². The summed E-state index contributed by atoms with van der Waals surface area (Å²) in [5.41, 5.74) is -1.36. The number of ether oxygens (including phenoxy) is 3. The average molecular weight is 609 g/mol. The van der Waals surface area contributed by atoms with Gasteiger partial charge in [-0.15, -0.1) is 0 Å². The molecular weight excluding hydrogens is 580 g/mol. The minimum Gasteiger partial charge on any atom is -0.508 e. The largest absolute Gasteiger partial charge is 0.508 e. The second kappa shape index (κ2) is 11.7. The van der Waals surface area contributed by atoms with Crippen LogP contribution in [-0.2, 0) is 14.3 Å². The molecule has 0 spiro atoms. The van der Waals surface area contributed by atoms with Gasteiger partial charge in [0, 0.05) is 17.7 Å². The maximum Gasteiger partial charge on any atom is 0.335 e. The molecule has 3 heterocycles. The summed E-state index contributed by atoms with van der Waals surface area (Å²) >= 11 is 0. The highest BCUT2D eigenvalue weighted by Gasteiger charge is 2.50. The summed E-state index contributed by atoms with van der Waals surface area (Å²) in [4.78, 5) is 24.8. The SMILES string of the molecule is O=C(O)C1OC(Oc2cc3oc(-c4ccc(O)cc4)cc(=O)c3c(O)c2C2OC(CO)C(O)C(O)C2O)C(O)C(O)C1O. The van der Waals surface area contributed by atoms with E-state index in [9.17, 15) is 60.7 Å². The minimum atomic E-state index is -2.08. The molecule has 0 aliphatic carbocycles. The number of phenols is 2. The van der Waals surface area contributed by atoms with Crippen LogP contribution in [0.1, 0.15) is 11.7 Å². The Bertz CT molecular complexity index is 1550. The number of fused-ring (bicyclic) bond motifs is 1. The van der Waals surface area contributed by atoms with Gasteiger partial charge >= 0.3 is 5.97 Å². The fraction of sp³-hybridized carbons (Fsp3) is 0.407. The van der Waals surface area contributed by atoms with Crippen LogP contribution >= 0.6 is 0 Å². The lowest BCUT2D eigenvalue weighted by atomic mass is 9.89. The summed E-state index contributed by atoms with van der Waals surface area (Å²) in [7, 11) is 0. The van der Waals surface area contributed by atoms with E-state index in [1.54, 1.807) is 0 Å². The molecule has 0 saturated carbocycles. The molecule has 10 N–H and O–H groups in total. The molecule has 0 amide bonds. The van der Waals surface area contributed by atoms with Crippen LogP contribution in [0.2, 0.25) is 0 Å². The first-order valence-corrected chi connectivity index (χ1v) is 12.9. The molecule has 0 radical (unpaired) electrons. The second-order valence-corrected chi connectivity index (χ2v) is 10.1. The Hall–Kier alpha value is -3.84. The fourth-order valence-corrected chi connectivity index (χ4v) is 5.05. The van der Waals surface area contributed by atoms with Gasteiger partial charge in [0.05, 0.1) is 12.2 Å². The van der Waals surface area contributed by atoms with Gasteiger partial charge in [0.2, 0.25) is 6.29 Å². The first-order valence-electron chi connectivity index (χ1n) is 12.9. The van der Waals surface area contributed by atoms with Crippen LogP contribution in [0, 0.1) is 0 Å². The number of carbonyl (C=O) groups is 1. The molecular formula is C27H28O16. The zero-order valence-corrected chi connectivity index (χ0v) is 21.9. The zero-order chi connectivity index (χ0) is 31.3. The van der Waals surface area contributed by atoms with Crippen molar-refractivity contribution in [2.45, 2.75) is 61.2 Å². The number of aliphatic hydroxyl groups is 7. The normalized spacial score (nSPS) is 32.9. The predicted molar refractivity (Wildman–Crippen MR) is 139 cm³/mol. The lowest BCUT2D eigenvalue weighted by Crippen LogP contribution is -2.61. The third-order valence-electron chi connectivity index (χ3n) is 7.38. The third-order valence-corrected chi connectivity index (χ3v) is 7.38. The summed E-state index contributed by atoms with van der Waals surface area (Å²) in [5, 5.41) is 102. The van der Waals surface area contributed by atoms with Gasteiger partial charge in [-0.1, -0.05) is 0 Å². The van der Waals surface area contributed by atoms with Crippen LogP contribution in [0.3, 0.4) is 0 Å². The minimum absolute atomic E-state index is 0.0260. The molecule has 1 aromatic heterocycles. The first-order chi connectivity index (χ1) is 20.3. The Morgan fingerprint density at radius 2 is 1.49 bits per heavy atom. The summed E-state index contributed by atoms with van der Waals surface area (Å²) in [6, 6.07) is 7.55. The van der Waals surface area contributed by atoms with E-state index >= 15 is 0 Å². The van der Waals surface area contributed by atoms with Crippen LogP contribution in [0.4, 0.5) is 0 Å². The lowest BCUT2D eigenvalue weighted by molar-refractivity contribution is -0.272. The number of aliphatic hydroxyl groups excluding tert-OH is 7. The number of carboxylic acids is 1. The van der Waals surface area contributed by atoms with Crippen LogP contribution in [0.5, 0.6) is 17.2 Å². The predicted octanol–water partition coefficient (Wildman–Crippen LogP) is -2.34. The molecule has 3 aromatic rings. The average Bonchev–Trinajstić information content (AvgIpc) is 2.97. The van der Waals surface area contributed by atoms with Crippen molar-refractivity contribution < 1.29 is 74.5 Å². The van der Waals surface area contributed by atoms with Crippen molar-refractivity contribution in [3.8, 4) is 28.6 Å². The van der Waals surface area contributed by atoms with E-state index in [0.29, 0.717) is 5.56 Å². The lowest BCUT2D eigenvalue weighted by Gasteiger charge is -2.41. The van der Waals surface area contributed by atoms with E-state index in [0.717, 1.165) is 12.1 Å². The van der Waals surface area contributed by atoms with E-state index in [4.69, 9.17) is 18.6 Å². The quantitative estimate of drug-likeness (QED) is 0.140. The summed E-state index contributed by atoms with van der Waals surface area (Å²) in [6.07, 6.45) is -19.3. The molecule has 16 heteroatoms. The van der Waals surface area contributed by atoms with Crippen LogP contribution in [0.15, 0.2) is 45.6 Å². The summed E-state index contributed by atoms with van der Waals surface area (Å²) in [5.74, 6) is -3.29. The number of aromatic hydroxyl groups is 2. The Morgan fingerprint density at radius 1 is 0.837 bits per heavy atom. The molecule has 43 heavy (non-hydrogen) atoms. The molecule has 0 bridgehead atoms. The van der Waals surface area contributed by atoms with Crippen molar-refractivity contribution in [3.63, 3.8) is 0 Å². The van der Waals surface area contributed by atoms with Crippen molar-refractivity contribution >= 4 is 16.9 Å². The molecule has 2 saturated heterocycles. The molecule has 2 aliphatic rings. The number of aliphatic carboxylic acids is 1. The van der Waals surface area contributed by atoms with E-state index in [-0.39, 0.29) is 17.1 Å². The smallest absolute Gasteiger partial charge is 0.335 e. The molecule has 232 valence electrons. The molecule has 5 rings (SSSR count). The standard InChI is InChI=1S/C27H28O16/c28-7-14-17(31)19(33)21(35)24(41-14)16-13(42-27-23(37)20(34)22(36)25(43-27)26(38)39)6-12-15(18(16)32)10(30)5-11(40-12)8-1-3-9(29)4-2-8/h1-6,14,17,19-25,27-29,31-37H,7H2,(H,38,39). The first kappa shape index (κ1) is 30.6. The number of hydrogen-bond donors (Lipinski definition) is 10. The monoisotopic (exact) mass is 608 g/mol. The van der Waals surface area contributed by atoms with Gasteiger partial charge in [0.1, 0.15) is 82.8 Å². The third kappa shape index (κ3) is 5.40. The van der Waals surface area contributed by atoms with E-state index < -0.39 is 102 Å². The Balaban J connectivity index is 1.69. The Labute approximate surface area is 240 Å². The maximum absolute atomic E-state index is 13.2. The topological polar surface area (TPSA) is 277 Å². The van der Waals surface area contributed by atoms with E-state index in [1.165, 1.54) is 24.3 Å². The van der Waals surface area contributed by atoms with Crippen LogP contribution in [0.25, 0.3) is 22.3 Å². The van der Waals surface area contributed by atoms with Crippen LogP contribution in [-0.4, -0.2) is 119 Å². The van der Waals surface area contributed by atoms with Crippen molar-refractivity contribution in [1.82, 2.24) is 0 Å². The van der Waals surface area contributed by atoms with Crippen molar-refractivity contribution in [3.05, 3.63) is 52.2 Å².